The molecular weight excluding hydrogens is 264 g/mol. The van der Waals surface area contributed by atoms with Gasteiger partial charge < -0.3 is 16.0 Å². The molecule has 0 bridgehead atoms. The summed E-state index contributed by atoms with van der Waals surface area (Å²) in [6.07, 6.45) is 4.85. The lowest BCUT2D eigenvalue weighted by atomic mass is 9.72. The summed E-state index contributed by atoms with van der Waals surface area (Å²) in [6.45, 7) is 0.498. The van der Waals surface area contributed by atoms with E-state index in [1.54, 1.807) is 6.20 Å². The fourth-order valence-electron chi connectivity index (χ4n) is 3.66. The molecule has 2 aliphatic rings. The molecule has 1 heterocycles. The summed E-state index contributed by atoms with van der Waals surface area (Å²) in [6, 6.07) is 4.29. The largest absolute Gasteiger partial charge is 0.378 e. The molecule has 3 rings (SSSR count). The molecule has 0 aliphatic heterocycles. The Bertz CT molecular complexity index is 531. The number of carbonyl (C=O) groups excluding carboxylic acids is 1. The van der Waals surface area contributed by atoms with Crippen molar-refractivity contribution in [2.24, 2.45) is 23.5 Å². The van der Waals surface area contributed by atoms with E-state index in [2.05, 4.69) is 10.3 Å². The number of fused-ring (bicyclic) bond motifs is 1. The number of hydrogen-bond acceptors (Lipinski definition) is 4. The summed E-state index contributed by atoms with van der Waals surface area (Å²) in [7, 11) is 3.99. The molecule has 3 N–H and O–H groups in total. The van der Waals surface area contributed by atoms with Gasteiger partial charge in [-0.25, -0.2) is 0 Å². The summed E-state index contributed by atoms with van der Waals surface area (Å²) < 4.78 is 0. The molecule has 5 heteroatoms. The third-order valence-electron chi connectivity index (χ3n) is 5.01. The second-order valence-corrected chi connectivity index (χ2v) is 6.61. The molecule has 1 unspecified atom stereocenters. The average Bonchev–Trinajstić information content (AvgIpc) is 2.82. The Morgan fingerprint density at radius 2 is 2.24 bits per heavy atom. The minimum absolute atomic E-state index is 0.144. The van der Waals surface area contributed by atoms with Crippen LogP contribution >= 0.6 is 0 Å². The van der Waals surface area contributed by atoms with Crippen LogP contribution in [0.1, 0.15) is 25.0 Å². The number of nitrogens with zero attached hydrogens (tertiary/aromatic N) is 2. The van der Waals surface area contributed by atoms with Crippen LogP contribution in [0, 0.1) is 17.8 Å². The third-order valence-corrected chi connectivity index (χ3v) is 5.01. The Balaban J connectivity index is 1.53. The lowest BCUT2D eigenvalue weighted by Crippen LogP contribution is -2.44. The van der Waals surface area contributed by atoms with Crippen LogP contribution in [0.3, 0.4) is 0 Å². The van der Waals surface area contributed by atoms with Crippen LogP contribution in [0.15, 0.2) is 18.3 Å². The van der Waals surface area contributed by atoms with E-state index in [0.29, 0.717) is 24.4 Å². The molecule has 0 saturated heterocycles. The smallest absolute Gasteiger partial charge is 0.223 e. The van der Waals surface area contributed by atoms with E-state index in [0.717, 1.165) is 30.6 Å². The highest BCUT2D eigenvalue weighted by atomic mass is 16.1. The Hall–Kier alpha value is -1.62. The third kappa shape index (κ3) is 2.88. The van der Waals surface area contributed by atoms with Crippen LogP contribution in [-0.4, -0.2) is 31.0 Å². The Morgan fingerprint density at radius 3 is 2.90 bits per heavy atom. The van der Waals surface area contributed by atoms with Crippen LogP contribution in [0.4, 0.5) is 5.69 Å². The van der Waals surface area contributed by atoms with Crippen molar-refractivity contribution in [1.82, 2.24) is 10.3 Å². The van der Waals surface area contributed by atoms with E-state index < -0.39 is 0 Å². The maximum Gasteiger partial charge on any atom is 0.223 e. The molecule has 1 aromatic rings. The van der Waals surface area contributed by atoms with Crippen molar-refractivity contribution in [3.05, 3.63) is 24.0 Å². The maximum atomic E-state index is 12.3. The van der Waals surface area contributed by atoms with Gasteiger partial charge in [-0.2, -0.15) is 0 Å². The number of nitrogens with one attached hydrogen (secondary N) is 1. The molecule has 4 atom stereocenters. The van der Waals surface area contributed by atoms with Gasteiger partial charge in [0.25, 0.3) is 0 Å². The maximum absolute atomic E-state index is 12.3. The van der Waals surface area contributed by atoms with Gasteiger partial charge in [-0.1, -0.05) is 0 Å². The molecule has 2 saturated carbocycles. The van der Waals surface area contributed by atoms with Gasteiger partial charge in [0.15, 0.2) is 0 Å². The quantitative estimate of drug-likeness (QED) is 0.871. The first-order chi connectivity index (χ1) is 10.0. The predicted molar refractivity (Wildman–Crippen MR) is 82.7 cm³/mol. The van der Waals surface area contributed by atoms with Gasteiger partial charge in [0.05, 0.1) is 12.2 Å². The number of amides is 1. The summed E-state index contributed by atoms with van der Waals surface area (Å²) in [5, 5.41) is 3.03. The van der Waals surface area contributed by atoms with Crippen LogP contribution in [0.25, 0.3) is 0 Å². The van der Waals surface area contributed by atoms with Gasteiger partial charge in [-0.15, -0.1) is 0 Å². The fraction of sp³-hybridized carbons (Fsp3) is 0.625. The first-order valence-corrected chi connectivity index (χ1v) is 7.70. The molecule has 2 aliphatic carbocycles. The highest BCUT2D eigenvalue weighted by molar-refractivity contribution is 5.79. The van der Waals surface area contributed by atoms with E-state index in [4.69, 9.17) is 5.73 Å². The number of hydrogen-bond donors (Lipinski definition) is 2. The van der Waals surface area contributed by atoms with Crippen molar-refractivity contribution >= 4 is 11.6 Å². The van der Waals surface area contributed by atoms with Crippen LogP contribution in [-0.2, 0) is 11.3 Å². The number of aromatic nitrogens is 1. The number of nitrogens with two attached hydrogens (primary N) is 1. The zero-order chi connectivity index (χ0) is 15.0. The molecule has 2 fully saturated rings. The van der Waals surface area contributed by atoms with Crippen LogP contribution in [0.2, 0.25) is 0 Å². The van der Waals surface area contributed by atoms with Gasteiger partial charge in [-0.3, -0.25) is 9.78 Å². The van der Waals surface area contributed by atoms with Crippen molar-refractivity contribution in [2.75, 3.05) is 19.0 Å². The molecule has 0 aromatic carbocycles. The fourth-order valence-corrected chi connectivity index (χ4v) is 3.66. The lowest BCUT2D eigenvalue weighted by Gasteiger charge is -2.37. The molecular formula is C16H24N4O. The number of carbonyl (C=O) groups is 1. The van der Waals surface area contributed by atoms with Crippen LogP contribution < -0.4 is 16.0 Å². The van der Waals surface area contributed by atoms with Gasteiger partial charge >= 0.3 is 0 Å². The molecule has 0 spiro atoms. The first kappa shape index (κ1) is 14.3. The van der Waals surface area contributed by atoms with Gasteiger partial charge in [0.1, 0.15) is 0 Å². The van der Waals surface area contributed by atoms with E-state index in [1.807, 2.05) is 31.1 Å². The monoisotopic (exact) mass is 288 g/mol. The molecule has 1 amide bonds. The average molecular weight is 288 g/mol. The number of anilines is 1. The van der Waals surface area contributed by atoms with Gasteiger partial charge in [-0.05, 0) is 43.2 Å². The summed E-state index contributed by atoms with van der Waals surface area (Å²) in [5.41, 5.74) is 7.98. The highest BCUT2D eigenvalue weighted by Gasteiger charge is 2.47. The molecule has 114 valence electrons. The van der Waals surface area contributed by atoms with Crippen molar-refractivity contribution < 1.29 is 4.79 Å². The SMILES string of the molecule is CN(C)c1ccnc(CNC(=O)C2C[C@@H]3C[C@H](N)[C@@H]3C2)c1. The molecule has 5 nitrogen and oxygen atoms in total. The zero-order valence-corrected chi connectivity index (χ0v) is 12.7. The van der Waals surface area contributed by atoms with Crippen molar-refractivity contribution in [2.45, 2.75) is 31.8 Å². The molecule has 1 aromatic heterocycles. The molecule has 21 heavy (non-hydrogen) atoms. The summed E-state index contributed by atoms with van der Waals surface area (Å²) in [5.74, 6) is 1.57. The summed E-state index contributed by atoms with van der Waals surface area (Å²) in [4.78, 5) is 18.6. The second-order valence-electron chi connectivity index (χ2n) is 6.61. The highest BCUT2D eigenvalue weighted by Crippen LogP contribution is 2.48. The van der Waals surface area contributed by atoms with Gasteiger partial charge in [0.2, 0.25) is 5.91 Å². The zero-order valence-electron chi connectivity index (χ0n) is 12.7. The van der Waals surface area contributed by atoms with E-state index in [-0.39, 0.29) is 11.8 Å². The van der Waals surface area contributed by atoms with E-state index in [1.165, 1.54) is 0 Å². The lowest BCUT2D eigenvalue weighted by molar-refractivity contribution is -0.125. The minimum Gasteiger partial charge on any atom is -0.378 e. The minimum atomic E-state index is 0.144. The molecule has 0 radical (unpaired) electrons. The van der Waals surface area contributed by atoms with E-state index >= 15 is 0 Å². The summed E-state index contributed by atoms with van der Waals surface area (Å²) >= 11 is 0. The Kier molecular flexibility index (Phi) is 3.85. The predicted octanol–water partition coefficient (Wildman–Crippen LogP) is 1.14. The van der Waals surface area contributed by atoms with Crippen molar-refractivity contribution in [1.29, 1.82) is 0 Å². The first-order valence-electron chi connectivity index (χ1n) is 7.70. The van der Waals surface area contributed by atoms with Crippen molar-refractivity contribution in [3.63, 3.8) is 0 Å². The Morgan fingerprint density at radius 1 is 1.43 bits per heavy atom. The van der Waals surface area contributed by atoms with Gasteiger partial charge in [0, 0.05) is 37.9 Å². The number of pyridine rings is 1. The Labute approximate surface area is 125 Å². The van der Waals surface area contributed by atoms with Crippen molar-refractivity contribution in [3.8, 4) is 0 Å². The normalized spacial score (nSPS) is 30.4. The van der Waals surface area contributed by atoms with Crippen LogP contribution in [0.5, 0.6) is 0 Å². The topological polar surface area (TPSA) is 71.2 Å². The number of rotatable bonds is 4. The van der Waals surface area contributed by atoms with E-state index in [9.17, 15) is 4.79 Å². The standard InChI is InChI=1S/C16H24N4O/c1-20(2)13-3-4-18-12(8-13)9-19-16(21)11-5-10-7-15(17)14(10)6-11/h3-4,8,10-11,14-15H,5-7,9,17H2,1-2H3,(H,19,21)/t10-,11?,14-,15+/m1/s1. The second kappa shape index (κ2) is 5.64.